The van der Waals surface area contributed by atoms with Crippen LogP contribution in [0.1, 0.15) is 17.5 Å². The predicted molar refractivity (Wildman–Crippen MR) is 88.5 cm³/mol. The third kappa shape index (κ3) is 3.31. The molecule has 2 aromatic carbocycles. The fraction of sp³-hybridized carbons (Fsp3) is 0.333. The summed E-state index contributed by atoms with van der Waals surface area (Å²) < 4.78 is 0. The molecule has 0 aromatic heterocycles. The summed E-state index contributed by atoms with van der Waals surface area (Å²) in [5.74, 6) is 0. The molecule has 0 bridgehead atoms. The van der Waals surface area contributed by atoms with E-state index in [2.05, 4.69) is 35.4 Å². The van der Waals surface area contributed by atoms with Gasteiger partial charge in [-0.15, -0.1) is 11.8 Å². The molecule has 0 unspecified atom stereocenters. The van der Waals surface area contributed by atoms with E-state index in [-0.39, 0.29) is 0 Å². The van der Waals surface area contributed by atoms with Gasteiger partial charge in [-0.25, -0.2) is 0 Å². The van der Waals surface area contributed by atoms with Crippen LogP contribution in [0.2, 0.25) is 0 Å². The molecule has 1 N–H and O–H groups in total. The van der Waals surface area contributed by atoms with E-state index in [1.807, 2.05) is 30.3 Å². The van der Waals surface area contributed by atoms with Gasteiger partial charge in [0.1, 0.15) is 5.60 Å². The van der Waals surface area contributed by atoms with Crippen molar-refractivity contribution in [3.05, 3.63) is 65.7 Å². The number of rotatable bonds is 4. The number of benzene rings is 2. The third-order valence-corrected chi connectivity index (χ3v) is 4.90. The van der Waals surface area contributed by atoms with Crippen molar-refractivity contribution in [2.45, 2.75) is 23.5 Å². The Hall–Kier alpha value is -1.29. The van der Waals surface area contributed by atoms with E-state index in [9.17, 15) is 5.11 Å². The first-order chi connectivity index (χ1) is 10.2. The second kappa shape index (κ2) is 6.22. The molecule has 1 heterocycles. The molecule has 0 aliphatic carbocycles. The third-order valence-electron chi connectivity index (χ3n) is 4.18. The Balaban J connectivity index is 1.69. The van der Waals surface area contributed by atoms with Gasteiger partial charge in [0, 0.05) is 24.5 Å². The number of aliphatic hydroxyl groups is 1. The number of hydrogen-bond acceptors (Lipinski definition) is 3. The average molecular weight is 299 g/mol. The van der Waals surface area contributed by atoms with Gasteiger partial charge in [0.05, 0.1) is 0 Å². The normalized spacial score (nSPS) is 22.6. The lowest BCUT2D eigenvalue weighted by Gasteiger charge is -2.24. The van der Waals surface area contributed by atoms with Crippen molar-refractivity contribution in [1.29, 1.82) is 0 Å². The van der Waals surface area contributed by atoms with Gasteiger partial charge < -0.3 is 5.11 Å². The molecule has 0 radical (unpaired) electrons. The van der Waals surface area contributed by atoms with E-state index in [1.165, 1.54) is 10.5 Å². The molecular weight excluding hydrogens is 278 g/mol. The Morgan fingerprint density at radius 3 is 2.71 bits per heavy atom. The quantitative estimate of drug-likeness (QED) is 0.874. The van der Waals surface area contributed by atoms with Gasteiger partial charge in [0.15, 0.2) is 0 Å². The zero-order valence-electron chi connectivity index (χ0n) is 12.3. The molecule has 2 nitrogen and oxygen atoms in total. The molecule has 0 amide bonds. The van der Waals surface area contributed by atoms with Crippen molar-refractivity contribution >= 4 is 11.8 Å². The van der Waals surface area contributed by atoms with Gasteiger partial charge in [-0.1, -0.05) is 42.5 Å². The first-order valence-corrected chi connectivity index (χ1v) is 8.55. The molecule has 21 heavy (non-hydrogen) atoms. The lowest BCUT2D eigenvalue weighted by Crippen LogP contribution is -2.30. The summed E-state index contributed by atoms with van der Waals surface area (Å²) in [4.78, 5) is 3.64. The topological polar surface area (TPSA) is 23.5 Å². The summed E-state index contributed by atoms with van der Waals surface area (Å²) in [5.41, 5.74) is 1.66. The lowest BCUT2D eigenvalue weighted by atomic mass is 9.93. The monoisotopic (exact) mass is 299 g/mol. The van der Waals surface area contributed by atoms with Crippen LogP contribution in [-0.2, 0) is 12.1 Å². The Bertz CT molecular complexity index is 601. The molecule has 110 valence electrons. The molecule has 0 spiro atoms. The molecule has 3 heteroatoms. The summed E-state index contributed by atoms with van der Waals surface area (Å²) in [5, 5.41) is 10.9. The number of hydrogen-bond donors (Lipinski definition) is 1. The lowest BCUT2D eigenvalue weighted by molar-refractivity contribution is 0.0453. The molecular formula is C18H21NOS. The first-order valence-electron chi connectivity index (χ1n) is 7.33. The fourth-order valence-electron chi connectivity index (χ4n) is 3.02. The van der Waals surface area contributed by atoms with Crippen LogP contribution in [0.3, 0.4) is 0 Å². The minimum Gasteiger partial charge on any atom is -0.384 e. The van der Waals surface area contributed by atoms with Crippen molar-refractivity contribution in [1.82, 2.24) is 4.90 Å². The van der Waals surface area contributed by atoms with Crippen LogP contribution in [0.25, 0.3) is 0 Å². The molecule has 1 atom stereocenters. The van der Waals surface area contributed by atoms with Crippen molar-refractivity contribution in [2.24, 2.45) is 0 Å². The standard InChI is InChI=1S/C18H21NOS/c1-21-17-9-5-6-15(12-17)13-19-11-10-18(20,14-19)16-7-3-2-4-8-16/h2-9,12,20H,10-11,13-14H2,1H3/t18-/m0/s1. The molecule has 2 aromatic rings. The Morgan fingerprint density at radius 2 is 1.95 bits per heavy atom. The largest absolute Gasteiger partial charge is 0.384 e. The number of likely N-dealkylation sites (tertiary alicyclic amines) is 1. The van der Waals surface area contributed by atoms with Crippen molar-refractivity contribution in [2.75, 3.05) is 19.3 Å². The van der Waals surface area contributed by atoms with Crippen molar-refractivity contribution in [3.8, 4) is 0 Å². The summed E-state index contributed by atoms with van der Waals surface area (Å²) in [6, 6.07) is 18.7. The van der Waals surface area contributed by atoms with Crippen LogP contribution in [0.15, 0.2) is 59.5 Å². The number of β-amino-alcohol motifs (C(OH)–C–C–N with tert-alkyl or cyclic N) is 1. The van der Waals surface area contributed by atoms with Gasteiger partial charge in [-0.2, -0.15) is 0 Å². The van der Waals surface area contributed by atoms with Gasteiger partial charge >= 0.3 is 0 Å². The van der Waals surface area contributed by atoms with Crippen LogP contribution in [0, 0.1) is 0 Å². The minimum atomic E-state index is -0.696. The summed E-state index contributed by atoms with van der Waals surface area (Å²) in [6.45, 7) is 2.55. The molecule has 3 rings (SSSR count). The van der Waals surface area contributed by atoms with Crippen molar-refractivity contribution < 1.29 is 5.11 Å². The maximum absolute atomic E-state index is 10.9. The molecule has 0 saturated carbocycles. The molecule has 1 aliphatic rings. The van der Waals surface area contributed by atoms with Crippen LogP contribution in [0.5, 0.6) is 0 Å². The van der Waals surface area contributed by atoms with Crippen molar-refractivity contribution in [3.63, 3.8) is 0 Å². The minimum absolute atomic E-state index is 0.696. The van der Waals surface area contributed by atoms with E-state index in [4.69, 9.17) is 0 Å². The van der Waals surface area contributed by atoms with E-state index in [1.54, 1.807) is 11.8 Å². The van der Waals surface area contributed by atoms with Crippen LogP contribution < -0.4 is 0 Å². The second-order valence-electron chi connectivity index (χ2n) is 5.71. The highest BCUT2D eigenvalue weighted by atomic mass is 32.2. The molecule has 1 saturated heterocycles. The van der Waals surface area contributed by atoms with Crippen LogP contribution in [0.4, 0.5) is 0 Å². The maximum Gasteiger partial charge on any atom is 0.103 e. The van der Waals surface area contributed by atoms with Gasteiger partial charge in [0.2, 0.25) is 0 Å². The van der Waals surface area contributed by atoms with E-state index >= 15 is 0 Å². The molecule has 1 fully saturated rings. The van der Waals surface area contributed by atoms with Gasteiger partial charge in [-0.3, -0.25) is 4.90 Å². The summed E-state index contributed by atoms with van der Waals surface area (Å²) in [6.07, 6.45) is 2.91. The average Bonchev–Trinajstić information content (AvgIpc) is 2.91. The highest BCUT2D eigenvalue weighted by Gasteiger charge is 2.37. The van der Waals surface area contributed by atoms with Gasteiger partial charge in [0.25, 0.3) is 0 Å². The van der Waals surface area contributed by atoms with Gasteiger partial charge in [-0.05, 0) is 35.9 Å². The number of thioether (sulfide) groups is 1. The highest BCUT2D eigenvalue weighted by molar-refractivity contribution is 7.98. The highest BCUT2D eigenvalue weighted by Crippen LogP contribution is 2.32. The maximum atomic E-state index is 10.9. The smallest absolute Gasteiger partial charge is 0.103 e. The predicted octanol–water partition coefficient (Wildman–Crippen LogP) is 3.50. The summed E-state index contributed by atoms with van der Waals surface area (Å²) >= 11 is 1.77. The first kappa shape index (κ1) is 14.6. The zero-order chi connectivity index (χ0) is 14.7. The Kier molecular flexibility index (Phi) is 4.34. The van der Waals surface area contributed by atoms with Crippen LogP contribution in [-0.4, -0.2) is 29.4 Å². The second-order valence-corrected chi connectivity index (χ2v) is 6.59. The Labute approximate surface area is 130 Å². The zero-order valence-corrected chi connectivity index (χ0v) is 13.1. The SMILES string of the molecule is CSc1cccc(CN2CC[C@@](O)(c3ccccc3)C2)c1. The Morgan fingerprint density at radius 1 is 1.14 bits per heavy atom. The van der Waals surface area contributed by atoms with Crippen LogP contribution >= 0.6 is 11.8 Å². The van der Waals surface area contributed by atoms with E-state index < -0.39 is 5.60 Å². The molecule has 1 aliphatic heterocycles. The summed E-state index contributed by atoms with van der Waals surface area (Å²) in [7, 11) is 0. The van der Waals surface area contributed by atoms with E-state index in [0.717, 1.165) is 25.1 Å². The number of nitrogens with zero attached hydrogens (tertiary/aromatic N) is 1. The fourth-order valence-corrected chi connectivity index (χ4v) is 3.50. The van der Waals surface area contributed by atoms with E-state index in [0.29, 0.717) is 6.54 Å².